The van der Waals surface area contributed by atoms with Crippen molar-refractivity contribution in [2.24, 2.45) is 0 Å². The average molecular weight is 390 g/mol. The Kier molecular flexibility index (Phi) is 4.16. The van der Waals surface area contributed by atoms with Crippen LogP contribution in [0.2, 0.25) is 5.02 Å². The zero-order valence-electron chi connectivity index (χ0n) is 9.52. The molecule has 0 atom stereocenters. The van der Waals surface area contributed by atoms with Gasteiger partial charge in [0.15, 0.2) is 11.5 Å². The monoisotopic (exact) mass is 389 g/mol. The molecule has 0 bridgehead atoms. The Morgan fingerprint density at radius 1 is 1.11 bits per heavy atom. The maximum atomic E-state index is 12.0. The summed E-state index contributed by atoms with van der Waals surface area (Å²) in [7, 11) is 0. The molecular weight excluding hydrogens is 381 g/mol. The number of phenolic OH excluding ortho intramolecular Hbond substituents is 2. The lowest BCUT2D eigenvalue weighted by Gasteiger charge is -2.08. The zero-order chi connectivity index (χ0) is 14.0. The van der Waals surface area contributed by atoms with E-state index in [0.717, 1.165) is 3.57 Å². The van der Waals surface area contributed by atoms with Gasteiger partial charge in [0.1, 0.15) is 0 Å². The largest absolute Gasteiger partial charge is 0.504 e. The maximum Gasteiger partial charge on any atom is 0.255 e. The number of rotatable bonds is 2. The Hall–Kier alpha value is -1.47. The highest BCUT2D eigenvalue weighted by Gasteiger charge is 2.10. The summed E-state index contributed by atoms with van der Waals surface area (Å²) in [6.45, 7) is 0. The summed E-state index contributed by atoms with van der Waals surface area (Å²) in [5.74, 6) is -0.980. The molecule has 2 aromatic carbocycles. The predicted octanol–water partition coefficient (Wildman–Crippen LogP) is 3.61. The summed E-state index contributed by atoms with van der Waals surface area (Å²) < 4.78 is 0.807. The summed E-state index contributed by atoms with van der Waals surface area (Å²) >= 11 is 7.89. The van der Waals surface area contributed by atoms with E-state index in [1.807, 2.05) is 0 Å². The van der Waals surface area contributed by atoms with Gasteiger partial charge in [-0.3, -0.25) is 4.79 Å². The SMILES string of the molecule is O=C(Nc1ccc(Cl)cc1I)c1ccc(O)c(O)c1. The van der Waals surface area contributed by atoms with E-state index < -0.39 is 0 Å². The molecule has 6 heteroatoms. The number of halogens is 2. The lowest BCUT2D eigenvalue weighted by molar-refractivity contribution is 0.102. The van der Waals surface area contributed by atoms with Crippen LogP contribution in [0.25, 0.3) is 0 Å². The van der Waals surface area contributed by atoms with Crippen LogP contribution >= 0.6 is 34.2 Å². The second-order valence-electron chi connectivity index (χ2n) is 3.78. The molecular formula is C13H9ClINO3. The van der Waals surface area contributed by atoms with Gasteiger partial charge in [0.2, 0.25) is 0 Å². The number of phenols is 2. The van der Waals surface area contributed by atoms with Crippen molar-refractivity contribution in [1.29, 1.82) is 0 Å². The van der Waals surface area contributed by atoms with Crippen LogP contribution in [0.15, 0.2) is 36.4 Å². The van der Waals surface area contributed by atoms with Gasteiger partial charge >= 0.3 is 0 Å². The summed E-state index contributed by atoms with van der Waals surface area (Å²) in [6, 6.07) is 8.99. The smallest absolute Gasteiger partial charge is 0.255 e. The molecule has 0 fully saturated rings. The van der Waals surface area contributed by atoms with Crippen molar-refractivity contribution in [1.82, 2.24) is 0 Å². The van der Waals surface area contributed by atoms with E-state index in [0.29, 0.717) is 10.7 Å². The molecule has 4 nitrogen and oxygen atoms in total. The molecule has 3 N–H and O–H groups in total. The molecule has 2 rings (SSSR count). The van der Waals surface area contributed by atoms with Crippen LogP contribution in [0, 0.1) is 3.57 Å². The number of carbonyl (C=O) groups excluding carboxylic acids is 1. The molecule has 0 unspecified atom stereocenters. The first kappa shape index (κ1) is 14.0. The number of carbonyl (C=O) groups is 1. The van der Waals surface area contributed by atoms with Crippen LogP contribution < -0.4 is 5.32 Å². The van der Waals surface area contributed by atoms with Crippen LogP contribution in [0.1, 0.15) is 10.4 Å². The van der Waals surface area contributed by atoms with Gasteiger partial charge < -0.3 is 15.5 Å². The lowest BCUT2D eigenvalue weighted by atomic mass is 10.2. The number of hydrogen-bond donors (Lipinski definition) is 3. The van der Waals surface area contributed by atoms with Crippen LogP contribution in [0.3, 0.4) is 0 Å². The normalized spacial score (nSPS) is 10.2. The highest BCUT2D eigenvalue weighted by molar-refractivity contribution is 14.1. The van der Waals surface area contributed by atoms with Crippen molar-refractivity contribution in [2.75, 3.05) is 5.32 Å². The molecule has 0 aliphatic heterocycles. The molecule has 0 aromatic heterocycles. The van der Waals surface area contributed by atoms with E-state index >= 15 is 0 Å². The molecule has 1 amide bonds. The molecule has 19 heavy (non-hydrogen) atoms. The topological polar surface area (TPSA) is 69.6 Å². The first-order valence-electron chi connectivity index (χ1n) is 5.26. The van der Waals surface area contributed by atoms with E-state index in [2.05, 4.69) is 27.9 Å². The van der Waals surface area contributed by atoms with Gasteiger partial charge in [0.25, 0.3) is 5.91 Å². The number of benzene rings is 2. The fourth-order valence-corrected chi connectivity index (χ4v) is 2.46. The minimum absolute atomic E-state index is 0.251. The van der Waals surface area contributed by atoms with Crippen molar-refractivity contribution in [3.8, 4) is 11.5 Å². The molecule has 98 valence electrons. The standard InChI is InChI=1S/C13H9ClINO3/c14-8-2-3-10(9(15)6-8)16-13(19)7-1-4-11(17)12(18)5-7/h1-6,17-18H,(H,16,19). The second-order valence-corrected chi connectivity index (χ2v) is 5.38. The van der Waals surface area contributed by atoms with E-state index in [-0.39, 0.29) is 23.0 Å². The van der Waals surface area contributed by atoms with Crippen LogP contribution in [0.5, 0.6) is 11.5 Å². The molecule has 2 aromatic rings. The molecule has 0 aliphatic carbocycles. The lowest BCUT2D eigenvalue weighted by Crippen LogP contribution is -2.12. The zero-order valence-corrected chi connectivity index (χ0v) is 12.4. The van der Waals surface area contributed by atoms with E-state index in [9.17, 15) is 15.0 Å². The van der Waals surface area contributed by atoms with Crippen molar-refractivity contribution >= 4 is 45.8 Å². The van der Waals surface area contributed by atoms with Gasteiger partial charge in [-0.1, -0.05) is 11.6 Å². The first-order valence-corrected chi connectivity index (χ1v) is 6.71. The molecule has 0 radical (unpaired) electrons. The summed E-state index contributed by atoms with van der Waals surface area (Å²) in [6.07, 6.45) is 0. The first-order chi connectivity index (χ1) is 8.97. The quantitative estimate of drug-likeness (QED) is 0.543. The maximum absolute atomic E-state index is 12.0. The van der Waals surface area contributed by atoms with Crippen molar-refractivity contribution in [3.63, 3.8) is 0 Å². The van der Waals surface area contributed by atoms with Gasteiger partial charge in [-0.15, -0.1) is 0 Å². The minimum Gasteiger partial charge on any atom is -0.504 e. The number of amides is 1. The molecule has 0 aliphatic rings. The third-order valence-corrected chi connectivity index (χ3v) is 3.54. The Balaban J connectivity index is 2.23. The molecule has 0 heterocycles. The van der Waals surface area contributed by atoms with Crippen LogP contribution in [-0.2, 0) is 0 Å². The highest BCUT2D eigenvalue weighted by Crippen LogP contribution is 2.26. The van der Waals surface area contributed by atoms with Gasteiger partial charge in [-0.2, -0.15) is 0 Å². The van der Waals surface area contributed by atoms with Crippen molar-refractivity contribution in [3.05, 3.63) is 50.6 Å². The van der Waals surface area contributed by atoms with E-state index in [4.69, 9.17) is 11.6 Å². The van der Waals surface area contributed by atoms with Crippen molar-refractivity contribution < 1.29 is 15.0 Å². The summed E-state index contributed by atoms with van der Waals surface area (Å²) in [5.41, 5.74) is 0.878. The second kappa shape index (κ2) is 5.66. The van der Waals surface area contributed by atoms with Crippen LogP contribution in [-0.4, -0.2) is 16.1 Å². The molecule has 0 spiro atoms. The number of hydrogen-bond acceptors (Lipinski definition) is 3. The Morgan fingerprint density at radius 3 is 2.47 bits per heavy atom. The number of aromatic hydroxyl groups is 2. The predicted molar refractivity (Wildman–Crippen MR) is 81.9 cm³/mol. The number of anilines is 1. The van der Waals surface area contributed by atoms with E-state index in [1.54, 1.807) is 18.2 Å². The van der Waals surface area contributed by atoms with Crippen molar-refractivity contribution in [2.45, 2.75) is 0 Å². The highest BCUT2D eigenvalue weighted by atomic mass is 127. The number of nitrogens with one attached hydrogen (secondary N) is 1. The molecule has 0 saturated heterocycles. The third kappa shape index (κ3) is 3.30. The van der Waals surface area contributed by atoms with Gasteiger partial charge in [0, 0.05) is 14.2 Å². The van der Waals surface area contributed by atoms with Crippen LogP contribution in [0.4, 0.5) is 5.69 Å². The van der Waals surface area contributed by atoms with Gasteiger partial charge in [0.05, 0.1) is 5.69 Å². The van der Waals surface area contributed by atoms with Gasteiger partial charge in [-0.25, -0.2) is 0 Å². The third-order valence-electron chi connectivity index (χ3n) is 2.42. The Labute approximate surface area is 128 Å². The fourth-order valence-electron chi connectivity index (χ4n) is 1.45. The Bertz CT molecular complexity index is 646. The Morgan fingerprint density at radius 2 is 1.84 bits per heavy atom. The fraction of sp³-hybridized carbons (Fsp3) is 0. The average Bonchev–Trinajstić information content (AvgIpc) is 2.36. The summed E-state index contributed by atoms with van der Waals surface area (Å²) in [5, 5.41) is 21.8. The van der Waals surface area contributed by atoms with Gasteiger partial charge in [-0.05, 0) is 59.0 Å². The summed E-state index contributed by atoms with van der Waals surface area (Å²) in [4.78, 5) is 12.0. The molecule has 0 saturated carbocycles. The minimum atomic E-state index is -0.379. The van der Waals surface area contributed by atoms with E-state index in [1.165, 1.54) is 18.2 Å².